The van der Waals surface area contributed by atoms with E-state index in [1.54, 1.807) is 12.1 Å². The molecule has 0 saturated carbocycles. The minimum atomic E-state index is -2.47. The molecule has 0 fully saturated rings. The van der Waals surface area contributed by atoms with Gasteiger partial charge in [-0.3, -0.25) is 4.99 Å². The second kappa shape index (κ2) is 4.12. The number of nitrogens with zero attached hydrogens (tertiary/aromatic N) is 1. The zero-order valence-electron chi connectivity index (χ0n) is 7.59. The van der Waals surface area contributed by atoms with Crippen molar-refractivity contribution in [2.75, 3.05) is 0 Å². The van der Waals surface area contributed by atoms with Crippen LogP contribution in [0.3, 0.4) is 0 Å². The third-order valence-electron chi connectivity index (χ3n) is 1.73. The van der Waals surface area contributed by atoms with E-state index in [9.17, 15) is 8.78 Å². The van der Waals surface area contributed by atoms with Gasteiger partial charge in [-0.25, -0.2) is 8.78 Å². The zero-order chi connectivity index (χ0) is 9.84. The Morgan fingerprint density at radius 2 is 1.92 bits per heavy atom. The molecule has 1 aromatic carbocycles. The van der Waals surface area contributed by atoms with E-state index in [4.69, 9.17) is 0 Å². The van der Waals surface area contributed by atoms with Gasteiger partial charge in [-0.2, -0.15) is 0 Å². The summed E-state index contributed by atoms with van der Waals surface area (Å²) in [5.74, 6) is 0. The van der Waals surface area contributed by atoms with Crippen LogP contribution in [0.4, 0.5) is 14.5 Å². The maximum atomic E-state index is 12.1. The average Bonchev–Trinajstić information content (AvgIpc) is 2.08. The van der Waals surface area contributed by atoms with Gasteiger partial charge in [0, 0.05) is 0 Å². The van der Waals surface area contributed by atoms with Crippen LogP contribution in [0.2, 0.25) is 0 Å². The lowest BCUT2D eigenvalue weighted by atomic mass is 10.2. The molecule has 1 rings (SSSR count). The Labute approximate surface area is 76.1 Å². The van der Waals surface area contributed by atoms with Crippen LogP contribution in [0, 0.1) is 6.92 Å². The summed E-state index contributed by atoms with van der Waals surface area (Å²) < 4.78 is 24.2. The van der Waals surface area contributed by atoms with Crippen LogP contribution >= 0.6 is 0 Å². The summed E-state index contributed by atoms with van der Waals surface area (Å²) in [4.78, 5) is 3.82. The summed E-state index contributed by atoms with van der Waals surface area (Å²) in [5.41, 5.74) is 1.37. The van der Waals surface area contributed by atoms with Gasteiger partial charge in [-0.05, 0) is 25.5 Å². The first-order chi connectivity index (χ1) is 6.11. The number of rotatable bonds is 2. The smallest absolute Gasteiger partial charge is 0.252 e. The Morgan fingerprint density at radius 1 is 1.31 bits per heavy atom. The summed E-state index contributed by atoms with van der Waals surface area (Å²) in [6.07, 6.45) is -2.47. The fourth-order valence-corrected chi connectivity index (χ4v) is 0.928. The van der Waals surface area contributed by atoms with Crippen molar-refractivity contribution in [2.24, 2.45) is 4.99 Å². The number of benzene rings is 1. The zero-order valence-corrected chi connectivity index (χ0v) is 7.59. The van der Waals surface area contributed by atoms with Gasteiger partial charge in [0.15, 0.2) is 0 Å². The number of aryl methyl sites for hydroxylation is 1. The first-order valence-corrected chi connectivity index (χ1v) is 4.00. The highest BCUT2D eigenvalue weighted by atomic mass is 19.3. The molecule has 0 saturated heterocycles. The summed E-state index contributed by atoms with van der Waals surface area (Å²) in [6.45, 7) is 3.18. The molecular formula is C10H11F2N. The highest BCUT2D eigenvalue weighted by Gasteiger charge is 2.06. The normalized spacial score (nSPS) is 12.2. The number of halogens is 2. The molecule has 13 heavy (non-hydrogen) atoms. The SMILES string of the molecule is CC(=Nc1ccccc1C)C(F)F. The van der Waals surface area contributed by atoms with E-state index in [0.717, 1.165) is 5.56 Å². The minimum absolute atomic E-state index is 0.144. The number of hydrogen-bond donors (Lipinski definition) is 0. The van der Waals surface area contributed by atoms with Crippen LogP contribution in [0.1, 0.15) is 12.5 Å². The average molecular weight is 183 g/mol. The fraction of sp³-hybridized carbons (Fsp3) is 0.300. The molecule has 0 atom stereocenters. The Hall–Kier alpha value is -1.25. The van der Waals surface area contributed by atoms with Crippen LogP contribution in [-0.2, 0) is 0 Å². The van der Waals surface area contributed by atoms with E-state index < -0.39 is 6.43 Å². The van der Waals surface area contributed by atoms with E-state index in [1.165, 1.54) is 6.92 Å². The summed E-state index contributed by atoms with van der Waals surface area (Å²) >= 11 is 0. The highest BCUT2D eigenvalue weighted by molar-refractivity contribution is 5.87. The molecule has 0 unspecified atom stereocenters. The second-order valence-corrected chi connectivity index (χ2v) is 2.84. The molecule has 3 heteroatoms. The molecular weight excluding hydrogens is 172 g/mol. The lowest BCUT2D eigenvalue weighted by Gasteiger charge is -2.01. The van der Waals surface area contributed by atoms with Crippen LogP contribution in [0.5, 0.6) is 0 Å². The predicted octanol–water partition coefficient (Wildman–Crippen LogP) is 3.35. The third-order valence-corrected chi connectivity index (χ3v) is 1.73. The van der Waals surface area contributed by atoms with Gasteiger partial charge in [-0.1, -0.05) is 18.2 Å². The molecule has 0 aliphatic heterocycles. The molecule has 0 aliphatic rings. The van der Waals surface area contributed by atoms with Crippen molar-refractivity contribution in [3.63, 3.8) is 0 Å². The van der Waals surface area contributed by atoms with Gasteiger partial charge in [-0.15, -0.1) is 0 Å². The number of para-hydroxylation sites is 1. The molecule has 0 aliphatic carbocycles. The van der Waals surface area contributed by atoms with Crippen molar-refractivity contribution < 1.29 is 8.78 Å². The van der Waals surface area contributed by atoms with Crippen LogP contribution in [-0.4, -0.2) is 12.1 Å². The molecule has 0 spiro atoms. The van der Waals surface area contributed by atoms with Crippen molar-refractivity contribution in [2.45, 2.75) is 20.3 Å². The van der Waals surface area contributed by atoms with Crippen LogP contribution in [0.15, 0.2) is 29.3 Å². The number of alkyl halides is 2. The second-order valence-electron chi connectivity index (χ2n) is 2.84. The minimum Gasteiger partial charge on any atom is -0.252 e. The summed E-state index contributed by atoms with van der Waals surface area (Å²) in [7, 11) is 0. The molecule has 70 valence electrons. The van der Waals surface area contributed by atoms with Gasteiger partial charge < -0.3 is 0 Å². The summed E-state index contributed by atoms with van der Waals surface area (Å²) in [6, 6.07) is 7.20. The van der Waals surface area contributed by atoms with Gasteiger partial charge in [0.1, 0.15) is 0 Å². The van der Waals surface area contributed by atoms with Crippen molar-refractivity contribution in [1.82, 2.24) is 0 Å². The van der Waals surface area contributed by atoms with E-state index in [2.05, 4.69) is 4.99 Å². The standard InChI is InChI=1S/C10H11F2N/c1-7-5-3-4-6-9(7)13-8(2)10(11)12/h3-6,10H,1-2H3. The molecule has 0 N–H and O–H groups in total. The van der Waals surface area contributed by atoms with Crippen LogP contribution in [0.25, 0.3) is 0 Å². The first kappa shape index (κ1) is 9.84. The van der Waals surface area contributed by atoms with Crippen molar-refractivity contribution in [3.05, 3.63) is 29.8 Å². The Balaban J connectivity index is 2.97. The molecule has 0 amide bonds. The predicted molar refractivity (Wildman–Crippen MR) is 50.0 cm³/mol. The van der Waals surface area contributed by atoms with Crippen molar-refractivity contribution in [3.8, 4) is 0 Å². The van der Waals surface area contributed by atoms with E-state index in [-0.39, 0.29) is 5.71 Å². The molecule has 0 aromatic heterocycles. The fourth-order valence-electron chi connectivity index (χ4n) is 0.928. The van der Waals surface area contributed by atoms with Gasteiger partial charge >= 0.3 is 0 Å². The van der Waals surface area contributed by atoms with Crippen LogP contribution < -0.4 is 0 Å². The lowest BCUT2D eigenvalue weighted by Crippen LogP contribution is -2.03. The molecule has 0 bridgehead atoms. The maximum absolute atomic E-state index is 12.1. The Kier molecular flexibility index (Phi) is 3.12. The Morgan fingerprint density at radius 3 is 2.46 bits per heavy atom. The monoisotopic (exact) mass is 183 g/mol. The Bertz CT molecular complexity index is 318. The molecule has 1 aromatic rings. The highest BCUT2D eigenvalue weighted by Crippen LogP contribution is 2.18. The molecule has 0 heterocycles. The quantitative estimate of drug-likeness (QED) is 0.623. The van der Waals surface area contributed by atoms with Crippen molar-refractivity contribution in [1.29, 1.82) is 0 Å². The van der Waals surface area contributed by atoms with E-state index in [1.807, 2.05) is 19.1 Å². The van der Waals surface area contributed by atoms with Gasteiger partial charge in [0.2, 0.25) is 0 Å². The third kappa shape index (κ3) is 2.61. The molecule has 0 radical (unpaired) electrons. The van der Waals surface area contributed by atoms with Gasteiger partial charge in [0.25, 0.3) is 6.43 Å². The lowest BCUT2D eigenvalue weighted by molar-refractivity contribution is 0.225. The maximum Gasteiger partial charge on any atom is 0.276 e. The molecule has 1 nitrogen and oxygen atoms in total. The van der Waals surface area contributed by atoms with E-state index in [0.29, 0.717) is 5.69 Å². The van der Waals surface area contributed by atoms with Crippen molar-refractivity contribution >= 4 is 11.4 Å². The van der Waals surface area contributed by atoms with Gasteiger partial charge in [0.05, 0.1) is 11.4 Å². The number of hydrogen-bond acceptors (Lipinski definition) is 1. The van der Waals surface area contributed by atoms with E-state index >= 15 is 0 Å². The number of aliphatic imine (C=N–C) groups is 1. The largest absolute Gasteiger partial charge is 0.276 e. The summed E-state index contributed by atoms with van der Waals surface area (Å²) in [5, 5.41) is 0. The first-order valence-electron chi connectivity index (χ1n) is 4.00. The topological polar surface area (TPSA) is 12.4 Å².